The first-order valence-corrected chi connectivity index (χ1v) is 14.1. The fourth-order valence-electron chi connectivity index (χ4n) is 6.39. The summed E-state index contributed by atoms with van der Waals surface area (Å²) < 4.78 is 47.2. The van der Waals surface area contributed by atoms with Crippen LogP contribution in [-0.4, -0.2) is 15.3 Å². The van der Waals surface area contributed by atoms with E-state index >= 15 is 0 Å². The summed E-state index contributed by atoms with van der Waals surface area (Å²) in [4.78, 5) is 0. The van der Waals surface area contributed by atoms with Crippen molar-refractivity contribution in [2.45, 2.75) is 38.3 Å². The Balaban J connectivity index is 1.41. The largest absolute Gasteiger partial charge is 0.316 e. The van der Waals surface area contributed by atoms with Gasteiger partial charge in [0, 0.05) is 40.5 Å². The van der Waals surface area contributed by atoms with Gasteiger partial charge in [-0.25, -0.2) is 13.2 Å². The van der Waals surface area contributed by atoms with Crippen molar-refractivity contribution in [2.75, 3.05) is 0 Å². The van der Waals surface area contributed by atoms with Crippen LogP contribution in [0.25, 0.3) is 51.4 Å². The number of alkyl halides is 1. The molecule has 0 amide bonds. The summed E-state index contributed by atoms with van der Waals surface area (Å²) in [5.74, 6) is -0.562. The number of allylic oxidation sites excluding steroid dienone is 4. The standard InChI is InChI=1S/C36H29F3N2/c1-2-3-7-24(22-40-33-15-12-25(37)20-31(33)32-21-26(38)13-16-34(32)40)23-8-6-9-28(18-23)41-35-11-5-4-10-29(35)30-19-27(39)14-17-36(30)41/h2,5-6,8-9,11-20,22,26H,1,3-4,7,10,21H2/b24-22+. The number of aromatic nitrogens is 2. The molecule has 2 aliphatic rings. The molecule has 41 heavy (non-hydrogen) atoms. The smallest absolute Gasteiger partial charge is 0.123 e. The monoisotopic (exact) mass is 546 g/mol. The van der Waals surface area contributed by atoms with Crippen LogP contribution < -0.4 is 0 Å². The lowest BCUT2D eigenvalue weighted by Gasteiger charge is -2.16. The summed E-state index contributed by atoms with van der Waals surface area (Å²) in [6, 6.07) is 18.1. The molecule has 2 aromatic heterocycles. The zero-order valence-corrected chi connectivity index (χ0v) is 22.6. The minimum Gasteiger partial charge on any atom is -0.316 e. The van der Waals surface area contributed by atoms with E-state index < -0.39 is 6.17 Å². The van der Waals surface area contributed by atoms with E-state index in [0.29, 0.717) is 0 Å². The Hall–Kier alpha value is -4.51. The van der Waals surface area contributed by atoms with Gasteiger partial charge < -0.3 is 9.13 Å². The zero-order chi connectivity index (χ0) is 28.1. The summed E-state index contributed by atoms with van der Waals surface area (Å²) >= 11 is 0. The first-order chi connectivity index (χ1) is 20.0. The predicted molar refractivity (Wildman–Crippen MR) is 164 cm³/mol. The number of fused-ring (bicyclic) bond motifs is 6. The molecule has 5 aromatic rings. The maximum Gasteiger partial charge on any atom is 0.123 e. The molecule has 1 atom stereocenters. The molecule has 3 aromatic carbocycles. The quantitative estimate of drug-likeness (QED) is 0.188. The van der Waals surface area contributed by atoms with E-state index in [1.165, 1.54) is 23.8 Å². The molecule has 0 spiro atoms. The van der Waals surface area contributed by atoms with Gasteiger partial charge in [0.1, 0.15) is 17.8 Å². The first kappa shape index (κ1) is 25.5. The number of hydrogen-bond acceptors (Lipinski definition) is 0. The van der Waals surface area contributed by atoms with Crippen molar-refractivity contribution in [1.29, 1.82) is 0 Å². The summed E-state index contributed by atoms with van der Waals surface area (Å²) in [6.07, 6.45) is 14.2. The highest BCUT2D eigenvalue weighted by molar-refractivity contribution is 5.94. The van der Waals surface area contributed by atoms with Crippen molar-refractivity contribution in [3.8, 4) is 5.69 Å². The van der Waals surface area contributed by atoms with Gasteiger partial charge in [-0.2, -0.15) is 0 Å². The second kappa shape index (κ2) is 10.2. The van der Waals surface area contributed by atoms with Crippen molar-refractivity contribution in [2.24, 2.45) is 0 Å². The number of nitrogens with zero attached hydrogens (tertiary/aromatic N) is 2. The summed E-state index contributed by atoms with van der Waals surface area (Å²) in [7, 11) is 0. The molecule has 2 aliphatic carbocycles. The topological polar surface area (TPSA) is 9.86 Å². The summed E-state index contributed by atoms with van der Waals surface area (Å²) in [6.45, 7) is 3.94. The maximum absolute atomic E-state index is 14.4. The summed E-state index contributed by atoms with van der Waals surface area (Å²) in [5.41, 5.74) is 8.92. The highest BCUT2D eigenvalue weighted by Gasteiger charge is 2.23. The van der Waals surface area contributed by atoms with Crippen LogP contribution in [0.15, 0.2) is 85.5 Å². The van der Waals surface area contributed by atoms with Gasteiger partial charge in [-0.1, -0.05) is 24.3 Å². The van der Waals surface area contributed by atoms with Crippen molar-refractivity contribution in [1.82, 2.24) is 9.13 Å². The van der Waals surface area contributed by atoms with Crippen molar-refractivity contribution < 1.29 is 13.2 Å². The molecule has 0 bridgehead atoms. The second-order valence-corrected chi connectivity index (χ2v) is 10.8. The van der Waals surface area contributed by atoms with Crippen LogP contribution in [0.2, 0.25) is 0 Å². The third-order valence-electron chi connectivity index (χ3n) is 8.26. The molecular weight excluding hydrogens is 517 g/mol. The molecule has 0 saturated carbocycles. The van der Waals surface area contributed by atoms with Crippen LogP contribution in [0.3, 0.4) is 0 Å². The molecule has 7 rings (SSSR count). The normalized spacial score (nSPS) is 16.4. The Morgan fingerprint density at radius 2 is 1.68 bits per heavy atom. The maximum atomic E-state index is 14.4. The van der Waals surface area contributed by atoms with Crippen molar-refractivity contribution in [3.05, 3.63) is 125 Å². The van der Waals surface area contributed by atoms with Gasteiger partial charge in [-0.05, 0) is 115 Å². The first-order valence-electron chi connectivity index (χ1n) is 14.1. The van der Waals surface area contributed by atoms with E-state index in [1.54, 1.807) is 18.2 Å². The fourth-order valence-corrected chi connectivity index (χ4v) is 6.39. The Morgan fingerprint density at radius 1 is 0.902 bits per heavy atom. The van der Waals surface area contributed by atoms with Gasteiger partial charge in [0.05, 0.1) is 11.0 Å². The van der Waals surface area contributed by atoms with Crippen LogP contribution in [0.5, 0.6) is 0 Å². The van der Waals surface area contributed by atoms with Crippen LogP contribution >= 0.6 is 0 Å². The molecule has 0 radical (unpaired) electrons. The minimum atomic E-state index is -1.09. The Labute approximate surface area is 237 Å². The number of aryl methyl sites for hydroxylation is 1. The lowest BCUT2D eigenvalue weighted by Crippen LogP contribution is -2.07. The number of benzene rings is 3. The van der Waals surface area contributed by atoms with Gasteiger partial charge in [0.25, 0.3) is 0 Å². The van der Waals surface area contributed by atoms with Gasteiger partial charge >= 0.3 is 0 Å². The zero-order valence-electron chi connectivity index (χ0n) is 22.6. The van der Waals surface area contributed by atoms with Gasteiger partial charge in [0.2, 0.25) is 0 Å². The number of halogens is 3. The predicted octanol–water partition coefficient (Wildman–Crippen LogP) is 9.69. The van der Waals surface area contributed by atoms with E-state index in [-0.39, 0.29) is 18.1 Å². The molecule has 5 heteroatoms. The third kappa shape index (κ3) is 4.37. The average Bonchev–Trinajstić information content (AvgIpc) is 3.46. The highest BCUT2D eigenvalue weighted by Crippen LogP contribution is 2.37. The minimum absolute atomic E-state index is 0.226. The Kier molecular flexibility index (Phi) is 6.30. The van der Waals surface area contributed by atoms with Crippen LogP contribution in [0.1, 0.15) is 47.3 Å². The van der Waals surface area contributed by atoms with Crippen LogP contribution in [0, 0.1) is 11.6 Å². The van der Waals surface area contributed by atoms with E-state index in [1.807, 2.05) is 24.3 Å². The van der Waals surface area contributed by atoms with E-state index in [4.69, 9.17) is 0 Å². The van der Waals surface area contributed by atoms with Crippen LogP contribution in [-0.2, 0) is 12.8 Å². The van der Waals surface area contributed by atoms with Gasteiger partial charge in [0.15, 0.2) is 0 Å². The molecule has 0 fully saturated rings. The average molecular weight is 547 g/mol. The Bertz CT molecular complexity index is 1930. The van der Waals surface area contributed by atoms with Crippen LogP contribution in [0.4, 0.5) is 13.2 Å². The van der Waals surface area contributed by atoms with E-state index in [9.17, 15) is 13.2 Å². The number of hydrogen-bond donors (Lipinski definition) is 0. The fraction of sp³-hybridized carbons (Fsp3) is 0.167. The third-order valence-corrected chi connectivity index (χ3v) is 8.26. The molecule has 0 saturated heterocycles. The molecule has 0 N–H and O–H groups in total. The molecular formula is C36H29F3N2. The lowest BCUT2D eigenvalue weighted by molar-refractivity contribution is 0.397. The number of rotatable bonds is 6. The van der Waals surface area contributed by atoms with E-state index in [2.05, 4.69) is 52.3 Å². The molecule has 1 unspecified atom stereocenters. The van der Waals surface area contributed by atoms with Crippen molar-refractivity contribution >= 4 is 45.7 Å². The van der Waals surface area contributed by atoms with E-state index in [0.717, 1.165) is 81.3 Å². The van der Waals surface area contributed by atoms with Crippen molar-refractivity contribution in [3.63, 3.8) is 0 Å². The lowest BCUT2D eigenvalue weighted by atomic mass is 9.99. The molecule has 2 nitrogen and oxygen atoms in total. The molecule has 0 aliphatic heterocycles. The SMILES string of the molecule is C=CCC/C(=C\n1c2c(c3cc(F)ccc31)CC(F)C=C2)c1cccc(-n2c3c(c4cc(F)ccc42)CCC=C3)c1. The summed E-state index contributed by atoms with van der Waals surface area (Å²) in [5, 5.41) is 1.69. The highest BCUT2D eigenvalue weighted by atomic mass is 19.1. The van der Waals surface area contributed by atoms with Gasteiger partial charge in [-0.15, -0.1) is 6.58 Å². The Morgan fingerprint density at radius 3 is 2.49 bits per heavy atom. The van der Waals surface area contributed by atoms with Gasteiger partial charge in [-0.3, -0.25) is 0 Å². The second-order valence-electron chi connectivity index (χ2n) is 10.8. The molecule has 204 valence electrons. The molecule has 2 heterocycles.